The van der Waals surface area contributed by atoms with Crippen molar-refractivity contribution in [2.24, 2.45) is 4.99 Å². The molecule has 1 aliphatic heterocycles. The first kappa shape index (κ1) is 24.9. The Bertz CT molecular complexity index is 1340. The minimum absolute atomic E-state index is 0.129. The van der Waals surface area contributed by atoms with Crippen LogP contribution < -0.4 is 10.1 Å². The zero-order valence-electron chi connectivity index (χ0n) is 19.7. The van der Waals surface area contributed by atoms with E-state index in [1.54, 1.807) is 26.0 Å². The molecule has 0 aliphatic carbocycles. The van der Waals surface area contributed by atoms with E-state index in [1.807, 2.05) is 42.5 Å². The van der Waals surface area contributed by atoms with Crippen LogP contribution in [0, 0.1) is 10.1 Å². The second-order valence-corrected chi connectivity index (χ2v) is 8.45. The van der Waals surface area contributed by atoms with Gasteiger partial charge in [-0.2, -0.15) is 0 Å². The number of rotatable bonds is 8. The summed E-state index contributed by atoms with van der Waals surface area (Å²) in [5, 5.41) is 15.5. The smallest absolute Gasteiger partial charge is 0.338 e. The number of carbonyl (C=O) groups is 1. The van der Waals surface area contributed by atoms with Gasteiger partial charge in [-0.05, 0) is 37.6 Å². The van der Waals surface area contributed by atoms with E-state index in [1.165, 1.54) is 18.2 Å². The van der Waals surface area contributed by atoms with Crippen molar-refractivity contribution < 1.29 is 19.2 Å². The van der Waals surface area contributed by atoms with E-state index in [9.17, 15) is 14.9 Å². The number of allylic oxidation sites excluding steroid dienone is 1. The van der Waals surface area contributed by atoms with Gasteiger partial charge in [-0.3, -0.25) is 10.1 Å². The van der Waals surface area contributed by atoms with Crippen molar-refractivity contribution in [1.82, 2.24) is 5.32 Å². The summed E-state index contributed by atoms with van der Waals surface area (Å²) in [6.45, 7) is 3.80. The van der Waals surface area contributed by atoms with Crippen molar-refractivity contribution >= 4 is 29.1 Å². The Kier molecular flexibility index (Phi) is 7.65. The SMILES string of the molecule is CCOC(=O)C1=C(C)N=C(c2ccccc2)NC1c1cc([N+](=O)[O-])ccc1OCc1ccc(Cl)cc1. The third-order valence-electron chi connectivity index (χ3n) is 5.60. The highest BCUT2D eigenvalue weighted by Crippen LogP contribution is 2.37. The number of benzene rings is 3. The number of hydrogen-bond donors (Lipinski definition) is 1. The van der Waals surface area contributed by atoms with E-state index >= 15 is 0 Å². The van der Waals surface area contributed by atoms with E-state index in [0.29, 0.717) is 27.9 Å². The van der Waals surface area contributed by atoms with Crippen molar-refractivity contribution in [2.75, 3.05) is 6.61 Å². The Labute approximate surface area is 213 Å². The number of nitrogens with zero attached hydrogens (tertiary/aromatic N) is 2. The van der Waals surface area contributed by atoms with E-state index < -0.39 is 16.9 Å². The predicted molar refractivity (Wildman–Crippen MR) is 137 cm³/mol. The van der Waals surface area contributed by atoms with Crippen molar-refractivity contribution in [2.45, 2.75) is 26.5 Å². The van der Waals surface area contributed by atoms with Crippen LogP contribution in [0.4, 0.5) is 5.69 Å². The van der Waals surface area contributed by atoms with Crippen LogP contribution in [-0.4, -0.2) is 23.3 Å². The molecule has 1 unspecified atom stereocenters. The Morgan fingerprint density at radius 2 is 1.83 bits per heavy atom. The summed E-state index contributed by atoms with van der Waals surface area (Å²) in [6.07, 6.45) is 0. The molecule has 1 aliphatic rings. The number of halogens is 1. The summed E-state index contributed by atoms with van der Waals surface area (Å²) >= 11 is 5.98. The molecule has 0 spiro atoms. The fraction of sp³-hybridized carbons (Fsp3) is 0.185. The average molecular weight is 506 g/mol. The topological polar surface area (TPSA) is 103 Å². The van der Waals surface area contributed by atoms with Gasteiger partial charge < -0.3 is 14.8 Å². The van der Waals surface area contributed by atoms with E-state index in [2.05, 4.69) is 10.3 Å². The number of hydrogen-bond acceptors (Lipinski definition) is 7. The highest BCUT2D eigenvalue weighted by Gasteiger charge is 2.34. The molecule has 0 aromatic heterocycles. The van der Waals surface area contributed by atoms with Gasteiger partial charge in [0.15, 0.2) is 0 Å². The highest BCUT2D eigenvalue weighted by molar-refractivity contribution is 6.30. The second-order valence-electron chi connectivity index (χ2n) is 8.02. The number of aliphatic imine (C=N–C) groups is 1. The van der Waals surface area contributed by atoms with Gasteiger partial charge in [-0.15, -0.1) is 0 Å². The largest absolute Gasteiger partial charge is 0.489 e. The van der Waals surface area contributed by atoms with E-state index in [4.69, 9.17) is 21.1 Å². The molecule has 3 aromatic rings. The summed E-state index contributed by atoms with van der Waals surface area (Å²) in [7, 11) is 0. The molecular formula is C27H24ClN3O5. The van der Waals surface area contributed by atoms with Crippen LogP contribution in [-0.2, 0) is 16.1 Å². The lowest BCUT2D eigenvalue weighted by atomic mass is 9.93. The number of esters is 1. The van der Waals surface area contributed by atoms with Gasteiger partial charge in [0.1, 0.15) is 18.2 Å². The van der Waals surface area contributed by atoms with Crippen molar-refractivity contribution in [3.8, 4) is 5.75 Å². The lowest BCUT2D eigenvalue weighted by molar-refractivity contribution is -0.385. The summed E-state index contributed by atoms with van der Waals surface area (Å²) in [5.74, 6) is 0.358. The third kappa shape index (κ3) is 5.55. The molecule has 0 bridgehead atoms. The zero-order valence-corrected chi connectivity index (χ0v) is 20.5. The molecule has 4 rings (SSSR count). The minimum Gasteiger partial charge on any atom is -0.489 e. The number of nitrogens with one attached hydrogen (secondary N) is 1. The Morgan fingerprint density at radius 1 is 1.11 bits per heavy atom. The molecule has 0 saturated heterocycles. The van der Waals surface area contributed by atoms with E-state index in [-0.39, 0.29) is 24.5 Å². The third-order valence-corrected chi connectivity index (χ3v) is 5.86. The Morgan fingerprint density at radius 3 is 2.50 bits per heavy atom. The molecule has 1 heterocycles. The monoisotopic (exact) mass is 505 g/mol. The molecule has 0 amide bonds. The molecule has 8 nitrogen and oxygen atoms in total. The Hall–Kier alpha value is -4.17. The van der Waals surface area contributed by atoms with Gasteiger partial charge in [0.2, 0.25) is 0 Å². The van der Waals surface area contributed by atoms with Crippen LogP contribution in [0.15, 0.2) is 89.1 Å². The molecule has 0 fully saturated rings. The van der Waals surface area contributed by atoms with Gasteiger partial charge in [0, 0.05) is 28.3 Å². The first-order valence-electron chi connectivity index (χ1n) is 11.3. The maximum absolute atomic E-state index is 13.0. The summed E-state index contributed by atoms with van der Waals surface area (Å²) < 4.78 is 11.4. The fourth-order valence-electron chi connectivity index (χ4n) is 3.88. The lowest BCUT2D eigenvalue weighted by Crippen LogP contribution is -2.37. The normalized spacial score (nSPS) is 15.1. The van der Waals surface area contributed by atoms with Crippen LogP contribution in [0.25, 0.3) is 0 Å². The fourth-order valence-corrected chi connectivity index (χ4v) is 4.00. The summed E-state index contributed by atoms with van der Waals surface area (Å²) in [6, 6.07) is 20.1. The van der Waals surface area contributed by atoms with Crippen molar-refractivity contribution in [1.29, 1.82) is 0 Å². The van der Waals surface area contributed by atoms with Gasteiger partial charge in [0.25, 0.3) is 5.69 Å². The van der Waals surface area contributed by atoms with Crippen molar-refractivity contribution in [3.63, 3.8) is 0 Å². The molecule has 9 heteroatoms. The number of nitro benzene ring substituents is 1. The van der Waals surface area contributed by atoms with Crippen LogP contribution >= 0.6 is 11.6 Å². The summed E-state index contributed by atoms with van der Waals surface area (Å²) in [4.78, 5) is 28.7. The predicted octanol–water partition coefficient (Wildman–Crippen LogP) is 5.76. The standard InChI is InChI=1S/C27H24ClN3O5/c1-3-35-27(32)24-17(2)29-26(19-7-5-4-6-8-19)30-25(24)22-15-21(31(33)34)13-14-23(22)36-16-18-9-11-20(28)12-10-18/h4-15,25H,3,16H2,1-2H3,(H,29,30). The van der Waals surface area contributed by atoms with Gasteiger partial charge in [0.05, 0.1) is 28.8 Å². The van der Waals surface area contributed by atoms with Crippen LogP contribution in [0.3, 0.4) is 0 Å². The van der Waals surface area contributed by atoms with Gasteiger partial charge in [-0.25, -0.2) is 9.79 Å². The van der Waals surface area contributed by atoms with Crippen LogP contribution in [0.2, 0.25) is 5.02 Å². The minimum atomic E-state index is -0.795. The summed E-state index contributed by atoms with van der Waals surface area (Å²) in [5.41, 5.74) is 2.67. The molecule has 0 radical (unpaired) electrons. The van der Waals surface area contributed by atoms with E-state index in [0.717, 1.165) is 11.1 Å². The molecule has 36 heavy (non-hydrogen) atoms. The van der Waals surface area contributed by atoms with Gasteiger partial charge >= 0.3 is 5.97 Å². The van der Waals surface area contributed by atoms with Crippen LogP contribution in [0.5, 0.6) is 5.75 Å². The number of amidine groups is 1. The maximum Gasteiger partial charge on any atom is 0.338 e. The number of non-ortho nitro benzene ring substituents is 1. The quantitative estimate of drug-likeness (QED) is 0.237. The maximum atomic E-state index is 13.0. The zero-order chi connectivity index (χ0) is 25.7. The lowest BCUT2D eigenvalue weighted by Gasteiger charge is -2.29. The molecule has 1 atom stereocenters. The first-order chi connectivity index (χ1) is 17.4. The number of ether oxygens (including phenoxy) is 2. The van der Waals surface area contributed by atoms with Gasteiger partial charge in [-0.1, -0.05) is 54.1 Å². The number of carbonyl (C=O) groups excluding carboxylic acids is 1. The van der Waals surface area contributed by atoms with Crippen LogP contribution in [0.1, 0.15) is 36.6 Å². The molecule has 0 saturated carbocycles. The molecule has 3 aromatic carbocycles. The second kappa shape index (κ2) is 11.0. The Balaban J connectivity index is 1.79. The molecular weight excluding hydrogens is 482 g/mol. The molecule has 184 valence electrons. The number of nitro groups is 1. The highest BCUT2D eigenvalue weighted by atomic mass is 35.5. The molecule has 1 N–H and O–H groups in total. The van der Waals surface area contributed by atoms with Crippen molar-refractivity contribution in [3.05, 3.63) is 116 Å². The average Bonchev–Trinajstić information content (AvgIpc) is 2.88. The first-order valence-corrected chi connectivity index (χ1v) is 11.7.